The fourth-order valence-electron chi connectivity index (χ4n) is 2.39. The van der Waals surface area contributed by atoms with Crippen molar-refractivity contribution in [3.63, 3.8) is 0 Å². The smallest absolute Gasteiger partial charge is 0.175 e. The van der Waals surface area contributed by atoms with Crippen LogP contribution in [0.15, 0.2) is 24.2 Å². The Morgan fingerprint density at radius 3 is 1.50 bits per heavy atom. The highest BCUT2D eigenvalue weighted by molar-refractivity contribution is 7.73. The predicted molar refractivity (Wildman–Crippen MR) is 90.7 cm³/mol. The van der Waals surface area contributed by atoms with Gasteiger partial charge >= 0.3 is 0 Å². The molecule has 0 aromatic carbocycles. The molecule has 0 aliphatic rings. The lowest BCUT2D eigenvalue weighted by Crippen LogP contribution is -3.00. The molecule has 0 amide bonds. The molecule has 0 aromatic heterocycles. The molecule has 0 rings (SSSR count). The zero-order valence-corrected chi connectivity index (χ0v) is 16.8. The average molecular weight is 366 g/mol. The van der Waals surface area contributed by atoms with Gasteiger partial charge in [-0.15, -0.1) is 0 Å². The maximum Gasteiger partial charge on any atom is 0.175 e. The summed E-state index contributed by atoms with van der Waals surface area (Å²) in [7, 11) is 2.76. The molecule has 120 valence electrons. The highest BCUT2D eigenvalue weighted by Gasteiger charge is 2.40. The van der Waals surface area contributed by atoms with Crippen LogP contribution in [-0.4, -0.2) is 61.2 Å². The van der Waals surface area contributed by atoms with Gasteiger partial charge in [0.15, 0.2) is 7.56 Å². The zero-order valence-electron chi connectivity index (χ0n) is 14.3. The van der Waals surface area contributed by atoms with E-state index in [0.717, 1.165) is 26.2 Å². The molecule has 0 radical (unpaired) electrons. The Hall–Kier alpha value is 0.110. The minimum atomic E-state index is -1.33. The Kier molecular flexibility index (Phi) is 13.1. The second kappa shape index (κ2) is 11.7. The van der Waals surface area contributed by atoms with E-state index in [9.17, 15) is 0 Å². The number of allylic oxidation sites excluding steroid dienone is 2. The minimum absolute atomic E-state index is 0. The summed E-state index contributed by atoms with van der Waals surface area (Å²) in [4.78, 5) is 2.06. The number of hydrogen-bond acceptors (Lipinski definition) is 3. The van der Waals surface area contributed by atoms with E-state index in [0.29, 0.717) is 0 Å². The predicted octanol–water partition coefficient (Wildman–Crippen LogP) is 0.740. The van der Waals surface area contributed by atoms with Gasteiger partial charge in [-0.3, -0.25) is 0 Å². The van der Waals surface area contributed by atoms with E-state index >= 15 is 0 Å². The molecule has 20 heavy (non-hydrogen) atoms. The van der Waals surface area contributed by atoms with Crippen molar-refractivity contribution in [2.75, 3.05) is 46.9 Å². The summed E-state index contributed by atoms with van der Waals surface area (Å²) < 4.78 is 5.22. The van der Waals surface area contributed by atoms with Crippen LogP contribution in [0.1, 0.15) is 27.7 Å². The van der Waals surface area contributed by atoms with E-state index in [1.54, 1.807) is 0 Å². The summed E-state index contributed by atoms with van der Waals surface area (Å²) in [6.07, 6.45) is 6.43. The lowest BCUT2D eigenvalue weighted by Gasteiger charge is -2.37. The van der Waals surface area contributed by atoms with Crippen LogP contribution in [0.3, 0.4) is 0 Å². The first-order valence-electron chi connectivity index (χ1n) is 7.35. The topological polar surface area (TPSA) is 9.72 Å². The Balaban J connectivity index is 0. The number of nitrogens with zero attached hydrogens (tertiary/aromatic N) is 3. The minimum Gasteiger partial charge on any atom is -1.00 e. The number of hydrogen-bond donors (Lipinski definition) is 0. The molecule has 0 heterocycles. The fraction of sp³-hybridized carbons (Fsp3) is 0.733. The standard InChI is InChI=1S/C15H33N3P.BrH/c1-8-17(9-2)19(7,18(10-3)11-4)15-13-12-14-16(5)6;/h12-15H,8-11H2,1-7H3;1H/q+1;/p-1/b14-12+,15-13+;. The van der Waals surface area contributed by atoms with E-state index in [1.165, 1.54) is 0 Å². The monoisotopic (exact) mass is 365 g/mol. The summed E-state index contributed by atoms with van der Waals surface area (Å²) in [5.41, 5.74) is 0. The summed E-state index contributed by atoms with van der Waals surface area (Å²) >= 11 is 0. The Morgan fingerprint density at radius 1 is 0.800 bits per heavy atom. The van der Waals surface area contributed by atoms with Gasteiger partial charge in [0, 0.05) is 40.3 Å². The van der Waals surface area contributed by atoms with Crippen LogP contribution in [0.5, 0.6) is 0 Å². The van der Waals surface area contributed by atoms with Crippen LogP contribution in [0.4, 0.5) is 0 Å². The molecule has 0 fully saturated rings. The van der Waals surface area contributed by atoms with E-state index in [-0.39, 0.29) is 17.0 Å². The van der Waals surface area contributed by atoms with Gasteiger partial charge in [-0.2, -0.15) is 9.34 Å². The molecule has 0 unspecified atom stereocenters. The third-order valence-corrected chi connectivity index (χ3v) is 7.63. The Labute approximate surface area is 137 Å². The van der Waals surface area contributed by atoms with Crippen molar-refractivity contribution in [1.82, 2.24) is 14.2 Å². The van der Waals surface area contributed by atoms with Crippen molar-refractivity contribution >= 4 is 7.56 Å². The van der Waals surface area contributed by atoms with E-state index in [4.69, 9.17) is 0 Å². The van der Waals surface area contributed by atoms with Crippen molar-refractivity contribution in [3.8, 4) is 0 Å². The van der Waals surface area contributed by atoms with Gasteiger partial charge in [0.25, 0.3) is 0 Å². The molecule has 0 aliphatic carbocycles. The van der Waals surface area contributed by atoms with Crippen molar-refractivity contribution in [1.29, 1.82) is 0 Å². The largest absolute Gasteiger partial charge is 1.00 e. The zero-order chi connectivity index (χ0) is 14.9. The number of halogens is 1. The third-order valence-electron chi connectivity index (χ3n) is 3.47. The van der Waals surface area contributed by atoms with Crippen molar-refractivity contribution in [2.45, 2.75) is 27.7 Å². The van der Waals surface area contributed by atoms with Gasteiger partial charge in [-0.25, -0.2) is 0 Å². The Morgan fingerprint density at radius 2 is 1.20 bits per heavy atom. The summed E-state index contributed by atoms with van der Waals surface area (Å²) in [5.74, 6) is 2.42. The van der Waals surface area contributed by atoms with Crippen molar-refractivity contribution in [3.05, 3.63) is 24.2 Å². The molecule has 3 nitrogen and oxygen atoms in total. The van der Waals surface area contributed by atoms with Crippen LogP contribution in [0.2, 0.25) is 0 Å². The van der Waals surface area contributed by atoms with E-state index in [2.05, 4.69) is 72.8 Å². The van der Waals surface area contributed by atoms with Gasteiger partial charge in [0.2, 0.25) is 0 Å². The van der Waals surface area contributed by atoms with Crippen molar-refractivity contribution in [2.24, 2.45) is 0 Å². The normalized spacial score (nSPS) is 12.7. The van der Waals surface area contributed by atoms with Crippen molar-refractivity contribution < 1.29 is 17.0 Å². The molecule has 0 bridgehead atoms. The fourth-order valence-corrected chi connectivity index (χ4v) is 5.85. The Bertz CT molecular complexity index is 273. The average Bonchev–Trinajstić information content (AvgIpc) is 2.37. The van der Waals surface area contributed by atoms with Crippen LogP contribution in [0, 0.1) is 0 Å². The highest BCUT2D eigenvalue weighted by Crippen LogP contribution is 2.62. The lowest BCUT2D eigenvalue weighted by molar-refractivity contribution is -0.00000471. The molecule has 0 atom stereocenters. The molecular weight excluding hydrogens is 333 g/mol. The quantitative estimate of drug-likeness (QED) is 0.440. The van der Waals surface area contributed by atoms with Gasteiger partial charge < -0.3 is 21.9 Å². The van der Waals surface area contributed by atoms with Crippen LogP contribution >= 0.6 is 7.56 Å². The van der Waals surface area contributed by atoms with Gasteiger partial charge in [0.1, 0.15) is 0 Å². The summed E-state index contributed by atoms with van der Waals surface area (Å²) in [6, 6.07) is 0. The molecule has 0 saturated heterocycles. The maximum atomic E-state index is 2.61. The van der Waals surface area contributed by atoms with Gasteiger partial charge in [-0.1, -0.05) is 0 Å². The third kappa shape index (κ3) is 6.71. The van der Waals surface area contributed by atoms with E-state index in [1.807, 2.05) is 14.1 Å². The molecule has 0 aliphatic heterocycles. The van der Waals surface area contributed by atoms with Crippen LogP contribution in [0.25, 0.3) is 0 Å². The molecular formula is C15H33BrN3P. The second-order valence-electron chi connectivity index (χ2n) is 4.90. The summed E-state index contributed by atoms with van der Waals surface area (Å²) in [5, 5.41) is 0. The SMILES string of the molecule is CCN(CC)[P+](C)(/C=C/C=C/N(C)C)N(CC)CC.[Br-]. The molecule has 0 aromatic rings. The maximum absolute atomic E-state index is 2.61. The second-order valence-corrected chi connectivity index (χ2v) is 8.29. The first kappa shape index (κ1) is 22.4. The van der Waals surface area contributed by atoms with Gasteiger partial charge in [0.05, 0.1) is 12.5 Å². The molecule has 5 heteroatoms. The lowest BCUT2D eigenvalue weighted by atomic mass is 10.6. The summed E-state index contributed by atoms with van der Waals surface area (Å²) in [6.45, 7) is 15.9. The van der Waals surface area contributed by atoms with Crippen LogP contribution in [-0.2, 0) is 0 Å². The number of rotatable bonds is 9. The first-order chi connectivity index (χ1) is 8.96. The first-order valence-corrected chi connectivity index (χ1v) is 9.56. The molecule has 0 spiro atoms. The van der Waals surface area contributed by atoms with Crippen LogP contribution < -0.4 is 17.0 Å². The molecule has 0 N–H and O–H groups in total. The highest BCUT2D eigenvalue weighted by atomic mass is 79.9. The van der Waals surface area contributed by atoms with Gasteiger partial charge in [-0.05, 0) is 46.0 Å². The van der Waals surface area contributed by atoms with E-state index < -0.39 is 7.56 Å². The molecule has 0 saturated carbocycles.